The SMILES string of the molecule is CNc1cncc(NCC2CCN(C)C2)n1. The summed E-state index contributed by atoms with van der Waals surface area (Å²) in [6.07, 6.45) is 4.75. The third kappa shape index (κ3) is 2.82. The fourth-order valence-electron chi connectivity index (χ4n) is 2.01. The van der Waals surface area contributed by atoms with Crippen LogP contribution in [-0.4, -0.2) is 48.6 Å². The Morgan fingerprint density at radius 2 is 2.25 bits per heavy atom. The Bertz CT molecular complexity index is 341. The van der Waals surface area contributed by atoms with Gasteiger partial charge in [0, 0.05) is 20.1 Å². The van der Waals surface area contributed by atoms with E-state index < -0.39 is 0 Å². The molecule has 1 aliphatic rings. The Labute approximate surface area is 96.3 Å². The van der Waals surface area contributed by atoms with Crippen LogP contribution in [0, 0.1) is 5.92 Å². The van der Waals surface area contributed by atoms with Gasteiger partial charge in [0.25, 0.3) is 0 Å². The lowest BCUT2D eigenvalue weighted by molar-refractivity contribution is 0.399. The number of nitrogens with one attached hydrogen (secondary N) is 2. The second-order valence-electron chi connectivity index (χ2n) is 4.34. The molecule has 1 aromatic rings. The molecule has 16 heavy (non-hydrogen) atoms. The molecular weight excluding hydrogens is 202 g/mol. The molecule has 5 heteroatoms. The highest BCUT2D eigenvalue weighted by molar-refractivity contribution is 5.40. The van der Waals surface area contributed by atoms with Crippen molar-refractivity contribution in [3.63, 3.8) is 0 Å². The molecule has 2 N–H and O–H groups in total. The van der Waals surface area contributed by atoms with Gasteiger partial charge in [0.2, 0.25) is 0 Å². The maximum absolute atomic E-state index is 4.37. The van der Waals surface area contributed by atoms with Crippen LogP contribution >= 0.6 is 0 Å². The van der Waals surface area contributed by atoms with Gasteiger partial charge in [0.1, 0.15) is 11.6 Å². The highest BCUT2D eigenvalue weighted by atomic mass is 15.1. The minimum absolute atomic E-state index is 0.727. The lowest BCUT2D eigenvalue weighted by Gasteiger charge is -2.12. The van der Waals surface area contributed by atoms with Crippen molar-refractivity contribution in [3.8, 4) is 0 Å². The molecule has 1 saturated heterocycles. The van der Waals surface area contributed by atoms with E-state index in [9.17, 15) is 0 Å². The molecule has 1 unspecified atom stereocenters. The molecule has 0 saturated carbocycles. The number of hydrogen-bond acceptors (Lipinski definition) is 5. The molecule has 0 radical (unpaired) electrons. The summed E-state index contributed by atoms with van der Waals surface area (Å²) in [5, 5.41) is 6.32. The van der Waals surface area contributed by atoms with E-state index in [1.54, 1.807) is 12.4 Å². The molecule has 0 aromatic carbocycles. The topological polar surface area (TPSA) is 53.1 Å². The van der Waals surface area contributed by atoms with E-state index in [0.717, 1.165) is 24.1 Å². The highest BCUT2D eigenvalue weighted by Gasteiger charge is 2.18. The largest absolute Gasteiger partial charge is 0.372 e. The third-order valence-corrected chi connectivity index (χ3v) is 2.95. The van der Waals surface area contributed by atoms with Crippen LogP contribution in [0.5, 0.6) is 0 Å². The van der Waals surface area contributed by atoms with Crippen LogP contribution in [0.1, 0.15) is 6.42 Å². The molecular formula is C11H19N5. The summed E-state index contributed by atoms with van der Waals surface area (Å²) in [6.45, 7) is 3.35. The first-order chi connectivity index (χ1) is 7.78. The lowest BCUT2D eigenvalue weighted by atomic mass is 10.1. The van der Waals surface area contributed by atoms with Gasteiger partial charge in [-0.1, -0.05) is 0 Å². The number of aromatic nitrogens is 2. The average Bonchev–Trinajstić information content (AvgIpc) is 2.73. The smallest absolute Gasteiger partial charge is 0.146 e. The number of rotatable bonds is 4. The summed E-state index contributed by atoms with van der Waals surface area (Å²) in [5.41, 5.74) is 0. The van der Waals surface area contributed by atoms with Crippen molar-refractivity contribution in [3.05, 3.63) is 12.4 Å². The molecule has 2 rings (SSSR count). The zero-order chi connectivity index (χ0) is 11.4. The van der Waals surface area contributed by atoms with Crippen LogP contribution in [0.3, 0.4) is 0 Å². The predicted octanol–water partition coefficient (Wildman–Crippen LogP) is 0.882. The molecule has 1 aromatic heterocycles. The van der Waals surface area contributed by atoms with E-state index in [4.69, 9.17) is 0 Å². The van der Waals surface area contributed by atoms with Gasteiger partial charge in [0.05, 0.1) is 12.4 Å². The van der Waals surface area contributed by atoms with E-state index in [1.165, 1.54) is 19.5 Å². The van der Waals surface area contributed by atoms with E-state index >= 15 is 0 Å². The zero-order valence-electron chi connectivity index (χ0n) is 9.90. The Balaban J connectivity index is 1.84. The van der Waals surface area contributed by atoms with Crippen molar-refractivity contribution in [2.45, 2.75) is 6.42 Å². The Morgan fingerprint density at radius 3 is 2.94 bits per heavy atom. The summed E-state index contributed by atoms with van der Waals surface area (Å²) in [4.78, 5) is 10.9. The molecule has 1 atom stereocenters. The summed E-state index contributed by atoms with van der Waals surface area (Å²) >= 11 is 0. The minimum atomic E-state index is 0.727. The molecule has 0 bridgehead atoms. The van der Waals surface area contributed by atoms with Crippen molar-refractivity contribution in [2.75, 3.05) is 44.4 Å². The van der Waals surface area contributed by atoms with Crippen LogP contribution in [0.15, 0.2) is 12.4 Å². The summed E-state index contributed by atoms with van der Waals surface area (Å²) in [7, 11) is 4.02. The summed E-state index contributed by atoms with van der Waals surface area (Å²) < 4.78 is 0. The van der Waals surface area contributed by atoms with E-state index in [2.05, 4.69) is 32.5 Å². The Morgan fingerprint density at radius 1 is 1.44 bits per heavy atom. The second kappa shape index (κ2) is 5.12. The fraction of sp³-hybridized carbons (Fsp3) is 0.636. The fourth-order valence-corrected chi connectivity index (χ4v) is 2.01. The summed E-state index contributed by atoms with van der Waals surface area (Å²) in [6, 6.07) is 0. The Hall–Kier alpha value is -1.36. The molecule has 0 aliphatic carbocycles. The van der Waals surface area contributed by atoms with Crippen LogP contribution in [0.4, 0.5) is 11.6 Å². The summed E-state index contributed by atoms with van der Waals surface area (Å²) in [5.74, 6) is 2.37. The maximum atomic E-state index is 4.37. The second-order valence-corrected chi connectivity index (χ2v) is 4.34. The Kier molecular flexibility index (Phi) is 3.56. The number of nitrogens with zero attached hydrogens (tertiary/aromatic N) is 3. The van der Waals surface area contributed by atoms with Gasteiger partial charge >= 0.3 is 0 Å². The first-order valence-corrected chi connectivity index (χ1v) is 5.70. The predicted molar refractivity (Wildman–Crippen MR) is 65.7 cm³/mol. The zero-order valence-corrected chi connectivity index (χ0v) is 9.90. The van der Waals surface area contributed by atoms with Gasteiger partial charge in [0.15, 0.2) is 0 Å². The first kappa shape index (κ1) is 11.1. The molecule has 0 spiro atoms. The first-order valence-electron chi connectivity index (χ1n) is 5.70. The van der Waals surface area contributed by atoms with Crippen molar-refractivity contribution in [1.29, 1.82) is 0 Å². The van der Waals surface area contributed by atoms with Crippen LogP contribution < -0.4 is 10.6 Å². The molecule has 1 fully saturated rings. The van der Waals surface area contributed by atoms with Crippen molar-refractivity contribution in [1.82, 2.24) is 14.9 Å². The van der Waals surface area contributed by atoms with Gasteiger partial charge in [-0.3, -0.25) is 4.98 Å². The van der Waals surface area contributed by atoms with E-state index in [1.807, 2.05) is 7.05 Å². The van der Waals surface area contributed by atoms with E-state index in [0.29, 0.717) is 0 Å². The van der Waals surface area contributed by atoms with E-state index in [-0.39, 0.29) is 0 Å². The van der Waals surface area contributed by atoms with Crippen LogP contribution in [0.25, 0.3) is 0 Å². The normalized spacial score (nSPS) is 21.0. The molecule has 88 valence electrons. The minimum Gasteiger partial charge on any atom is -0.372 e. The molecule has 1 aliphatic heterocycles. The quantitative estimate of drug-likeness (QED) is 0.790. The molecule has 0 amide bonds. The van der Waals surface area contributed by atoms with Gasteiger partial charge in [-0.25, -0.2) is 4.98 Å². The van der Waals surface area contributed by atoms with Crippen molar-refractivity contribution >= 4 is 11.6 Å². The average molecular weight is 221 g/mol. The van der Waals surface area contributed by atoms with Crippen molar-refractivity contribution < 1.29 is 0 Å². The molecule has 5 nitrogen and oxygen atoms in total. The van der Waals surface area contributed by atoms with Gasteiger partial charge in [-0.15, -0.1) is 0 Å². The molecule has 2 heterocycles. The van der Waals surface area contributed by atoms with Gasteiger partial charge in [-0.05, 0) is 25.9 Å². The highest BCUT2D eigenvalue weighted by Crippen LogP contribution is 2.15. The lowest BCUT2D eigenvalue weighted by Crippen LogP contribution is -2.19. The van der Waals surface area contributed by atoms with Gasteiger partial charge < -0.3 is 15.5 Å². The number of hydrogen-bond donors (Lipinski definition) is 2. The standard InChI is InChI=1S/C11H19N5/c1-12-10-6-13-7-11(15-10)14-5-9-3-4-16(2)8-9/h6-7,9H,3-5,8H2,1-2H3,(H2,12,14,15). The van der Waals surface area contributed by atoms with Gasteiger partial charge in [-0.2, -0.15) is 0 Å². The maximum Gasteiger partial charge on any atom is 0.146 e. The third-order valence-electron chi connectivity index (χ3n) is 2.95. The number of anilines is 2. The number of likely N-dealkylation sites (tertiary alicyclic amines) is 1. The monoisotopic (exact) mass is 221 g/mol. The van der Waals surface area contributed by atoms with Crippen molar-refractivity contribution in [2.24, 2.45) is 5.92 Å². The van der Waals surface area contributed by atoms with Crippen LogP contribution in [0.2, 0.25) is 0 Å². The van der Waals surface area contributed by atoms with Crippen LogP contribution in [-0.2, 0) is 0 Å².